The number of aliphatic imine (C=N–C) groups is 1. The highest BCUT2D eigenvalue weighted by molar-refractivity contribution is 7.89. The molecule has 0 unspecified atom stereocenters. The Balaban J connectivity index is 1.68. The third kappa shape index (κ3) is 7.63. The van der Waals surface area contributed by atoms with Gasteiger partial charge in [-0.15, -0.1) is 0 Å². The molecule has 1 heterocycles. The lowest BCUT2D eigenvalue weighted by Crippen LogP contribution is -2.59. The molecule has 12 heteroatoms. The van der Waals surface area contributed by atoms with Crippen LogP contribution in [0.15, 0.2) is 52.4 Å². The van der Waals surface area contributed by atoms with Crippen molar-refractivity contribution in [2.45, 2.75) is 49.6 Å². The molecule has 3 rings (SSSR count). The average molecular weight is 533 g/mol. The van der Waals surface area contributed by atoms with Crippen LogP contribution < -0.4 is 21.5 Å². The zero-order chi connectivity index (χ0) is 27.0. The van der Waals surface area contributed by atoms with Gasteiger partial charge in [-0.25, -0.2) is 8.42 Å². The second-order valence-electron chi connectivity index (χ2n) is 9.36. The fourth-order valence-corrected chi connectivity index (χ4v) is 5.61. The van der Waals surface area contributed by atoms with E-state index in [4.69, 9.17) is 11.5 Å². The molecule has 2 aromatic rings. The van der Waals surface area contributed by atoms with Crippen LogP contribution in [0.5, 0.6) is 0 Å². The van der Waals surface area contributed by atoms with Gasteiger partial charge < -0.3 is 26.8 Å². The molecule has 0 bridgehead atoms. The number of aliphatic hydroxyl groups excluding tert-OH is 1. The van der Waals surface area contributed by atoms with Gasteiger partial charge in [-0.3, -0.25) is 14.6 Å². The fourth-order valence-electron chi connectivity index (χ4n) is 4.40. The van der Waals surface area contributed by atoms with Gasteiger partial charge in [0.25, 0.3) is 0 Å². The van der Waals surface area contributed by atoms with E-state index in [1.807, 2.05) is 19.1 Å². The minimum atomic E-state index is -4.11. The lowest BCUT2D eigenvalue weighted by molar-refractivity contribution is -0.145. The van der Waals surface area contributed by atoms with Crippen LogP contribution in [0.4, 0.5) is 0 Å². The number of carbonyl (C=O) groups is 2. The molecule has 7 N–H and O–H groups in total. The molecular formula is C25H36N6O5S. The third-order valence-electron chi connectivity index (χ3n) is 6.39. The fraction of sp³-hybridized carbons (Fsp3) is 0.480. The number of nitrogens with one attached hydrogen (secondary N) is 2. The second kappa shape index (κ2) is 12.8. The van der Waals surface area contributed by atoms with Crippen LogP contribution >= 0.6 is 0 Å². The van der Waals surface area contributed by atoms with Crippen LogP contribution in [-0.4, -0.2) is 74.5 Å². The molecule has 0 spiro atoms. The van der Waals surface area contributed by atoms with Crippen molar-refractivity contribution in [3.8, 4) is 0 Å². The van der Waals surface area contributed by atoms with Crippen molar-refractivity contribution in [3.63, 3.8) is 0 Å². The number of amides is 2. The van der Waals surface area contributed by atoms with Crippen molar-refractivity contribution in [2.24, 2.45) is 22.4 Å². The van der Waals surface area contributed by atoms with Crippen molar-refractivity contribution in [1.29, 1.82) is 0 Å². The van der Waals surface area contributed by atoms with Crippen LogP contribution in [0.25, 0.3) is 10.8 Å². The van der Waals surface area contributed by atoms with Gasteiger partial charge in [0.2, 0.25) is 21.8 Å². The molecule has 0 saturated carbocycles. The first-order valence-corrected chi connectivity index (χ1v) is 13.9. The predicted octanol–water partition coefficient (Wildman–Crippen LogP) is 0.276. The van der Waals surface area contributed by atoms with E-state index in [1.165, 1.54) is 17.0 Å². The Labute approximate surface area is 217 Å². The number of hydrogen-bond acceptors (Lipinski definition) is 6. The lowest BCUT2D eigenvalue weighted by Gasteiger charge is -2.39. The van der Waals surface area contributed by atoms with Gasteiger partial charge in [0.15, 0.2) is 5.96 Å². The minimum absolute atomic E-state index is 0.0144. The summed E-state index contributed by atoms with van der Waals surface area (Å²) in [6, 6.07) is 9.81. The largest absolute Gasteiger partial charge is 0.394 e. The van der Waals surface area contributed by atoms with Crippen molar-refractivity contribution >= 4 is 38.6 Å². The highest BCUT2D eigenvalue weighted by Gasteiger charge is 2.38. The number of fused-ring (bicyclic) bond motifs is 1. The van der Waals surface area contributed by atoms with Gasteiger partial charge >= 0.3 is 0 Å². The summed E-state index contributed by atoms with van der Waals surface area (Å²) < 4.78 is 28.5. The summed E-state index contributed by atoms with van der Waals surface area (Å²) in [5.41, 5.74) is 10.6. The van der Waals surface area contributed by atoms with Gasteiger partial charge in [0, 0.05) is 19.6 Å². The highest BCUT2D eigenvalue weighted by Crippen LogP contribution is 2.24. The molecule has 3 atom stereocenters. The smallest absolute Gasteiger partial charge is 0.243 e. The van der Waals surface area contributed by atoms with Crippen molar-refractivity contribution < 1.29 is 23.1 Å². The highest BCUT2D eigenvalue weighted by atomic mass is 32.2. The van der Waals surface area contributed by atoms with E-state index in [2.05, 4.69) is 15.0 Å². The number of rotatable bonds is 11. The number of piperidine rings is 1. The van der Waals surface area contributed by atoms with Gasteiger partial charge in [0.1, 0.15) is 12.1 Å². The predicted molar refractivity (Wildman–Crippen MR) is 142 cm³/mol. The maximum atomic E-state index is 13.4. The molecule has 1 fully saturated rings. The Morgan fingerprint density at radius 3 is 2.57 bits per heavy atom. The zero-order valence-corrected chi connectivity index (χ0v) is 21.8. The van der Waals surface area contributed by atoms with E-state index in [0.717, 1.165) is 17.2 Å². The van der Waals surface area contributed by atoms with Crippen LogP contribution in [0.1, 0.15) is 32.6 Å². The molecule has 2 aromatic carbocycles. The molecule has 1 aliphatic rings. The first-order chi connectivity index (χ1) is 17.6. The summed E-state index contributed by atoms with van der Waals surface area (Å²) in [4.78, 5) is 31.6. The molecule has 0 aromatic heterocycles. The number of nitrogens with two attached hydrogens (primary N) is 2. The Hall–Kier alpha value is -3.22. The maximum Gasteiger partial charge on any atom is 0.243 e. The number of hydrogen-bond donors (Lipinski definition) is 5. The summed E-state index contributed by atoms with van der Waals surface area (Å²) in [7, 11) is -4.11. The van der Waals surface area contributed by atoms with Gasteiger partial charge in [0.05, 0.1) is 11.5 Å². The SMILES string of the molecule is C[C@H]1CC[C@H](C(=O)NCCCCN=C(N)N)N(C(=O)[C@H](CO)NS(=O)(=O)c2ccc3ccccc3c2)C1. The number of sulfonamides is 1. The Morgan fingerprint density at radius 1 is 1.14 bits per heavy atom. The van der Waals surface area contributed by atoms with E-state index in [1.54, 1.807) is 18.2 Å². The van der Waals surface area contributed by atoms with E-state index >= 15 is 0 Å². The Bertz CT molecular complexity index is 1230. The van der Waals surface area contributed by atoms with Crippen LogP contribution in [0.2, 0.25) is 0 Å². The van der Waals surface area contributed by atoms with Gasteiger partial charge in [-0.1, -0.05) is 37.3 Å². The minimum Gasteiger partial charge on any atom is -0.394 e. The number of nitrogens with zero attached hydrogens (tertiary/aromatic N) is 2. The average Bonchev–Trinajstić information content (AvgIpc) is 2.88. The lowest BCUT2D eigenvalue weighted by atomic mass is 9.93. The monoisotopic (exact) mass is 532 g/mol. The summed E-state index contributed by atoms with van der Waals surface area (Å²) in [5, 5.41) is 14.4. The standard InChI is InChI=1S/C25H36N6O5S/c1-17-8-11-22(23(33)28-12-4-5-13-29-25(26)27)31(15-17)24(34)21(16-32)30-37(35,36)20-10-9-18-6-2-3-7-19(18)14-20/h2-3,6-7,9-10,14,17,21-22,30,32H,4-5,8,11-13,15-16H2,1H3,(H,28,33)(H4,26,27,29)/t17-,21-,22+/m0/s1. The molecular weight excluding hydrogens is 496 g/mol. The van der Waals surface area contributed by atoms with Gasteiger partial charge in [-0.05, 0) is 54.5 Å². The first kappa shape index (κ1) is 28.4. The molecule has 37 heavy (non-hydrogen) atoms. The molecule has 11 nitrogen and oxygen atoms in total. The molecule has 2 amide bonds. The normalized spacial score (nSPS) is 18.8. The van der Waals surface area contributed by atoms with Crippen LogP contribution in [0, 0.1) is 5.92 Å². The molecule has 0 aliphatic carbocycles. The molecule has 0 radical (unpaired) electrons. The second-order valence-corrected chi connectivity index (χ2v) is 11.1. The topological polar surface area (TPSA) is 180 Å². The zero-order valence-electron chi connectivity index (χ0n) is 21.0. The molecule has 1 aliphatic heterocycles. The van der Waals surface area contributed by atoms with E-state index in [-0.39, 0.29) is 29.2 Å². The summed E-state index contributed by atoms with van der Waals surface area (Å²) in [5.74, 6) is -0.796. The molecule has 1 saturated heterocycles. The van der Waals surface area contributed by atoms with Crippen molar-refractivity contribution in [1.82, 2.24) is 14.9 Å². The first-order valence-electron chi connectivity index (χ1n) is 12.4. The third-order valence-corrected chi connectivity index (χ3v) is 7.86. The number of unbranched alkanes of at least 4 members (excludes halogenated alkanes) is 1. The van der Waals surface area contributed by atoms with E-state index < -0.39 is 34.6 Å². The number of benzene rings is 2. The molecule has 202 valence electrons. The van der Waals surface area contributed by atoms with E-state index in [9.17, 15) is 23.1 Å². The van der Waals surface area contributed by atoms with E-state index in [0.29, 0.717) is 32.4 Å². The number of likely N-dealkylation sites (tertiary alicyclic amines) is 1. The summed E-state index contributed by atoms with van der Waals surface area (Å²) in [6.45, 7) is 2.36. The number of carbonyl (C=O) groups excluding carboxylic acids is 2. The van der Waals surface area contributed by atoms with Crippen molar-refractivity contribution in [2.75, 3.05) is 26.2 Å². The van der Waals surface area contributed by atoms with Gasteiger partial charge in [-0.2, -0.15) is 4.72 Å². The number of aliphatic hydroxyl groups is 1. The Kier molecular flexibility index (Phi) is 9.84. The quantitative estimate of drug-likeness (QED) is 0.156. The van der Waals surface area contributed by atoms with Crippen LogP contribution in [0.3, 0.4) is 0 Å². The maximum absolute atomic E-state index is 13.4. The summed E-state index contributed by atoms with van der Waals surface area (Å²) >= 11 is 0. The van der Waals surface area contributed by atoms with Crippen LogP contribution in [-0.2, 0) is 19.6 Å². The Morgan fingerprint density at radius 2 is 1.86 bits per heavy atom. The summed E-state index contributed by atoms with van der Waals surface area (Å²) in [6.07, 6.45) is 2.54. The van der Waals surface area contributed by atoms with Crippen molar-refractivity contribution in [3.05, 3.63) is 42.5 Å². The number of guanidine groups is 1.